The lowest BCUT2D eigenvalue weighted by Gasteiger charge is -2.46. The van der Waals surface area contributed by atoms with Crippen LogP contribution in [0.15, 0.2) is 29.8 Å². The molecule has 9 heteroatoms. The number of nitrogens with zero attached hydrogens (tertiary/aromatic N) is 1. The number of carbonyl (C=O) groups is 1. The molecular formula is C23H35N3O5S. The minimum atomic E-state index is -3.81. The molecule has 1 amide bonds. The third-order valence-corrected chi connectivity index (χ3v) is 8.83. The third kappa shape index (κ3) is 4.79. The molecule has 178 valence electrons. The fourth-order valence-corrected chi connectivity index (χ4v) is 6.44. The lowest BCUT2D eigenvalue weighted by molar-refractivity contribution is 0.0903. The summed E-state index contributed by atoms with van der Waals surface area (Å²) < 4.78 is 39.1. The van der Waals surface area contributed by atoms with E-state index in [1.165, 1.54) is 32.6 Å². The van der Waals surface area contributed by atoms with Crippen LogP contribution in [0.2, 0.25) is 0 Å². The van der Waals surface area contributed by atoms with Gasteiger partial charge in [-0.15, -0.1) is 0 Å². The molecule has 0 aromatic heterocycles. The van der Waals surface area contributed by atoms with E-state index in [2.05, 4.69) is 16.7 Å². The van der Waals surface area contributed by atoms with E-state index in [9.17, 15) is 13.2 Å². The molecule has 1 aliphatic heterocycles. The van der Waals surface area contributed by atoms with Crippen LogP contribution in [0.5, 0.6) is 11.5 Å². The summed E-state index contributed by atoms with van der Waals surface area (Å²) in [6.07, 6.45) is 7.45. The van der Waals surface area contributed by atoms with Crippen molar-refractivity contribution in [2.45, 2.75) is 43.9 Å². The van der Waals surface area contributed by atoms with E-state index in [4.69, 9.17) is 9.47 Å². The zero-order valence-corrected chi connectivity index (χ0v) is 20.3. The first-order valence-corrected chi connectivity index (χ1v) is 12.6. The zero-order valence-electron chi connectivity index (χ0n) is 19.4. The Bertz CT molecular complexity index is 952. The summed E-state index contributed by atoms with van der Waals surface area (Å²) in [6, 6.07) is 4.88. The zero-order chi connectivity index (χ0) is 23.4. The summed E-state index contributed by atoms with van der Waals surface area (Å²) >= 11 is 0. The van der Waals surface area contributed by atoms with E-state index in [0.717, 1.165) is 31.3 Å². The van der Waals surface area contributed by atoms with Gasteiger partial charge in [0.25, 0.3) is 5.91 Å². The smallest absolute Gasteiger partial charge is 0.256 e. The van der Waals surface area contributed by atoms with Crippen molar-refractivity contribution < 1.29 is 22.7 Å². The van der Waals surface area contributed by atoms with Crippen LogP contribution in [0, 0.1) is 5.41 Å². The number of allylic oxidation sites excluding steroid dienone is 1. The van der Waals surface area contributed by atoms with Gasteiger partial charge in [-0.05, 0) is 63.7 Å². The Labute approximate surface area is 191 Å². The summed E-state index contributed by atoms with van der Waals surface area (Å²) in [6.45, 7) is 1.41. The molecule has 8 nitrogen and oxygen atoms in total. The number of methoxy groups -OCH3 is 2. The van der Waals surface area contributed by atoms with Gasteiger partial charge in [0.1, 0.15) is 11.5 Å². The Hall–Kier alpha value is -2.10. The SMILES string of the molecule is COc1ccc(C(=O)NC(C2(C3=CCCCC3)CCNCC2)S(=O)(=O)N(C)C)c(OC)c1. The number of piperidine rings is 1. The number of sulfonamides is 1. The van der Waals surface area contributed by atoms with E-state index < -0.39 is 26.7 Å². The number of benzene rings is 1. The molecule has 1 aromatic carbocycles. The number of rotatable bonds is 8. The predicted molar refractivity (Wildman–Crippen MR) is 124 cm³/mol. The second-order valence-electron chi connectivity index (χ2n) is 8.63. The van der Waals surface area contributed by atoms with Gasteiger partial charge in [0.2, 0.25) is 10.0 Å². The normalized spacial score (nSPS) is 19.7. The van der Waals surface area contributed by atoms with Crippen LogP contribution in [0.3, 0.4) is 0 Å². The van der Waals surface area contributed by atoms with Crippen molar-refractivity contribution in [3.05, 3.63) is 35.4 Å². The molecule has 1 atom stereocenters. The molecule has 32 heavy (non-hydrogen) atoms. The molecule has 2 aliphatic rings. The lowest BCUT2D eigenvalue weighted by atomic mass is 9.69. The topological polar surface area (TPSA) is 97.0 Å². The Morgan fingerprint density at radius 1 is 1.16 bits per heavy atom. The maximum atomic E-state index is 13.6. The van der Waals surface area contributed by atoms with Gasteiger partial charge in [0, 0.05) is 25.6 Å². The average molecular weight is 466 g/mol. The highest BCUT2D eigenvalue weighted by Gasteiger charge is 2.50. The second-order valence-corrected chi connectivity index (χ2v) is 10.9. The first kappa shape index (κ1) is 24.5. The number of hydrogen-bond donors (Lipinski definition) is 2. The van der Waals surface area contributed by atoms with Crippen LogP contribution in [0.1, 0.15) is 48.9 Å². The molecule has 0 bridgehead atoms. The highest BCUT2D eigenvalue weighted by molar-refractivity contribution is 7.89. The molecule has 0 radical (unpaired) electrons. The number of ether oxygens (including phenoxy) is 2. The molecule has 1 fully saturated rings. The first-order chi connectivity index (χ1) is 15.3. The molecule has 3 rings (SSSR count). The Morgan fingerprint density at radius 2 is 1.88 bits per heavy atom. The fourth-order valence-electron chi connectivity index (χ4n) is 4.81. The van der Waals surface area contributed by atoms with Crippen LogP contribution >= 0.6 is 0 Å². The predicted octanol–water partition coefficient (Wildman–Crippen LogP) is 2.52. The van der Waals surface area contributed by atoms with Gasteiger partial charge in [-0.1, -0.05) is 11.6 Å². The van der Waals surface area contributed by atoms with Crippen LogP contribution in [0.25, 0.3) is 0 Å². The van der Waals surface area contributed by atoms with Crippen molar-refractivity contribution >= 4 is 15.9 Å². The molecule has 1 unspecified atom stereocenters. The van der Waals surface area contributed by atoms with Crippen molar-refractivity contribution in [3.8, 4) is 11.5 Å². The summed E-state index contributed by atoms with van der Waals surface area (Å²) in [5.41, 5.74) is 0.779. The molecule has 0 spiro atoms. The molecular weight excluding hydrogens is 430 g/mol. The highest BCUT2D eigenvalue weighted by atomic mass is 32.2. The quantitative estimate of drug-likeness (QED) is 0.573. The molecule has 0 saturated carbocycles. The van der Waals surface area contributed by atoms with Crippen molar-refractivity contribution in [3.63, 3.8) is 0 Å². The van der Waals surface area contributed by atoms with E-state index in [-0.39, 0.29) is 5.56 Å². The average Bonchev–Trinajstić information content (AvgIpc) is 2.82. The number of hydrogen-bond acceptors (Lipinski definition) is 6. The number of amides is 1. The van der Waals surface area contributed by atoms with Gasteiger partial charge in [-0.2, -0.15) is 0 Å². The van der Waals surface area contributed by atoms with Crippen molar-refractivity contribution in [1.29, 1.82) is 0 Å². The van der Waals surface area contributed by atoms with Gasteiger partial charge in [-0.3, -0.25) is 4.79 Å². The van der Waals surface area contributed by atoms with Gasteiger partial charge in [0.15, 0.2) is 5.37 Å². The second kappa shape index (κ2) is 10.2. The molecule has 2 N–H and O–H groups in total. The van der Waals surface area contributed by atoms with E-state index in [1.54, 1.807) is 18.2 Å². The van der Waals surface area contributed by atoms with Crippen LogP contribution in [-0.4, -0.2) is 65.4 Å². The van der Waals surface area contributed by atoms with Crippen molar-refractivity contribution in [1.82, 2.24) is 14.9 Å². The van der Waals surface area contributed by atoms with Gasteiger partial charge < -0.3 is 20.1 Å². The minimum absolute atomic E-state index is 0.272. The van der Waals surface area contributed by atoms with Gasteiger partial charge in [0.05, 0.1) is 19.8 Å². The summed E-state index contributed by atoms with van der Waals surface area (Å²) in [5.74, 6) is 0.409. The summed E-state index contributed by atoms with van der Waals surface area (Å²) in [5, 5.41) is 5.19. The number of carbonyl (C=O) groups excluding carboxylic acids is 1. The van der Waals surface area contributed by atoms with E-state index in [0.29, 0.717) is 37.4 Å². The Balaban J connectivity index is 2.07. The van der Waals surface area contributed by atoms with Gasteiger partial charge >= 0.3 is 0 Å². The minimum Gasteiger partial charge on any atom is -0.497 e. The van der Waals surface area contributed by atoms with Crippen molar-refractivity contribution in [2.75, 3.05) is 41.4 Å². The van der Waals surface area contributed by atoms with Crippen LogP contribution < -0.4 is 20.1 Å². The fraction of sp³-hybridized carbons (Fsp3) is 0.609. The third-order valence-electron chi connectivity index (χ3n) is 6.65. The molecule has 1 heterocycles. The Kier molecular flexibility index (Phi) is 7.84. The van der Waals surface area contributed by atoms with E-state index in [1.807, 2.05) is 0 Å². The largest absolute Gasteiger partial charge is 0.497 e. The molecule has 1 saturated heterocycles. The van der Waals surface area contributed by atoms with Crippen LogP contribution in [-0.2, 0) is 10.0 Å². The monoisotopic (exact) mass is 465 g/mol. The van der Waals surface area contributed by atoms with Crippen molar-refractivity contribution in [2.24, 2.45) is 5.41 Å². The molecule has 1 aromatic rings. The maximum Gasteiger partial charge on any atom is 0.256 e. The molecule has 1 aliphatic carbocycles. The maximum absolute atomic E-state index is 13.6. The van der Waals surface area contributed by atoms with E-state index >= 15 is 0 Å². The first-order valence-electron chi connectivity index (χ1n) is 11.1. The lowest BCUT2D eigenvalue weighted by Crippen LogP contribution is -2.59. The van der Waals surface area contributed by atoms with Gasteiger partial charge in [-0.25, -0.2) is 12.7 Å². The summed E-state index contributed by atoms with van der Waals surface area (Å²) in [7, 11) is 2.23. The summed E-state index contributed by atoms with van der Waals surface area (Å²) in [4.78, 5) is 13.4. The number of nitrogens with one attached hydrogen (secondary N) is 2. The Morgan fingerprint density at radius 3 is 2.44 bits per heavy atom. The standard InChI is InChI=1S/C23H35N3O5S/c1-26(2)32(28,29)22(23(12-14-24-15-13-23)17-8-6-5-7-9-17)25-21(27)19-11-10-18(30-3)16-20(19)31-4/h8,10-11,16,22,24H,5-7,9,12-15H2,1-4H3,(H,25,27). The highest BCUT2D eigenvalue weighted by Crippen LogP contribution is 2.46. The van der Waals surface area contributed by atoms with Crippen LogP contribution in [0.4, 0.5) is 0 Å².